The second kappa shape index (κ2) is 6.63. The lowest BCUT2D eigenvalue weighted by molar-refractivity contribution is 0.251. The molecule has 1 heterocycles. The molecule has 0 saturated carbocycles. The molecule has 1 aromatic carbocycles. The Kier molecular flexibility index (Phi) is 4.62. The van der Waals surface area contributed by atoms with Gasteiger partial charge in [0.1, 0.15) is 5.82 Å². The van der Waals surface area contributed by atoms with Gasteiger partial charge in [0.05, 0.1) is 12.2 Å². The Labute approximate surface area is 117 Å². The molecule has 0 bridgehead atoms. The Hall–Kier alpha value is -2.47. The lowest BCUT2D eigenvalue weighted by Crippen LogP contribution is -2.28. The number of anilines is 1. The van der Waals surface area contributed by atoms with Crippen molar-refractivity contribution in [3.05, 3.63) is 53.6 Å². The van der Waals surface area contributed by atoms with Gasteiger partial charge in [-0.25, -0.2) is 14.8 Å². The van der Waals surface area contributed by atoms with Crippen LogP contribution in [0.3, 0.4) is 0 Å². The van der Waals surface area contributed by atoms with Crippen LogP contribution in [0.5, 0.6) is 0 Å². The van der Waals surface area contributed by atoms with Crippen molar-refractivity contribution in [3.63, 3.8) is 0 Å². The summed E-state index contributed by atoms with van der Waals surface area (Å²) < 4.78 is 0. The van der Waals surface area contributed by atoms with Gasteiger partial charge >= 0.3 is 6.03 Å². The molecule has 0 atom stereocenters. The van der Waals surface area contributed by atoms with E-state index in [1.54, 1.807) is 12.3 Å². The van der Waals surface area contributed by atoms with Gasteiger partial charge in [0, 0.05) is 18.4 Å². The molecule has 0 spiro atoms. The first-order valence-electron chi connectivity index (χ1n) is 6.30. The Morgan fingerprint density at radius 1 is 1.35 bits per heavy atom. The van der Waals surface area contributed by atoms with Crippen LogP contribution in [-0.2, 0) is 13.1 Å². The highest BCUT2D eigenvalue weighted by Gasteiger charge is 2.03. The molecular formula is C14H17N5O. The summed E-state index contributed by atoms with van der Waals surface area (Å²) in [7, 11) is 0. The third kappa shape index (κ3) is 4.03. The fourth-order valence-corrected chi connectivity index (χ4v) is 1.73. The van der Waals surface area contributed by atoms with Crippen LogP contribution >= 0.6 is 0 Å². The van der Waals surface area contributed by atoms with Crippen LogP contribution in [0.4, 0.5) is 10.5 Å². The van der Waals surface area contributed by atoms with E-state index in [4.69, 9.17) is 5.73 Å². The molecule has 0 radical (unpaired) electrons. The van der Waals surface area contributed by atoms with Gasteiger partial charge in [-0.3, -0.25) is 0 Å². The molecule has 0 fully saturated rings. The molecule has 20 heavy (non-hydrogen) atoms. The quantitative estimate of drug-likeness (QED) is 0.786. The first-order valence-corrected chi connectivity index (χ1v) is 6.30. The second-order valence-electron chi connectivity index (χ2n) is 4.31. The lowest BCUT2D eigenvalue weighted by atomic mass is 10.2. The number of hydrogen-bond acceptors (Lipinski definition) is 4. The summed E-state index contributed by atoms with van der Waals surface area (Å²) in [5, 5.41) is 5.49. The minimum atomic E-state index is -0.282. The van der Waals surface area contributed by atoms with Gasteiger partial charge in [-0.1, -0.05) is 12.1 Å². The third-order valence-corrected chi connectivity index (χ3v) is 2.68. The average molecular weight is 271 g/mol. The molecule has 2 amide bonds. The van der Waals surface area contributed by atoms with E-state index in [-0.39, 0.29) is 6.03 Å². The Morgan fingerprint density at radius 3 is 2.95 bits per heavy atom. The van der Waals surface area contributed by atoms with E-state index in [1.807, 2.05) is 31.2 Å². The summed E-state index contributed by atoms with van der Waals surface area (Å²) >= 11 is 0. The smallest absolute Gasteiger partial charge is 0.319 e. The highest BCUT2D eigenvalue weighted by atomic mass is 16.2. The first kappa shape index (κ1) is 14.0. The maximum absolute atomic E-state index is 11.8. The van der Waals surface area contributed by atoms with Crippen LogP contribution in [0.2, 0.25) is 0 Å². The molecule has 6 heteroatoms. The number of hydrogen-bond donors (Lipinski definition) is 3. The van der Waals surface area contributed by atoms with Crippen LogP contribution < -0.4 is 16.4 Å². The van der Waals surface area contributed by atoms with Gasteiger partial charge in [0.2, 0.25) is 0 Å². The van der Waals surface area contributed by atoms with Crippen LogP contribution in [0.15, 0.2) is 36.5 Å². The molecule has 104 valence electrons. The monoisotopic (exact) mass is 271 g/mol. The van der Waals surface area contributed by atoms with Crippen molar-refractivity contribution in [1.29, 1.82) is 0 Å². The zero-order valence-corrected chi connectivity index (χ0v) is 11.3. The molecular weight excluding hydrogens is 254 g/mol. The topological polar surface area (TPSA) is 92.9 Å². The van der Waals surface area contributed by atoms with Gasteiger partial charge < -0.3 is 16.4 Å². The number of nitrogens with one attached hydrogen (secondary N) is 2. The summed E-state index contributed by atoms with van der Waals surface area (Å²) in [4.78, 5) is 20.0. The molecule has 4 N–H and O–H groups in total. The van der Waals surface area contributed by atoms with Gasteiger partial charge in [0.25, 0.3) is 0 Å². The number of carbonyl (C=O) groups excluding carboxylic acids is 1. The Morgan fingerprint density at radius 2 is 2.20 bits per heavy atom. The Bertz CT molecular complexity index is 600. The van der Waals surface area contributed by atoms with Crippen molar-refractivity contribution < 1.29 is 4.79 Å². The van der Waals surface area contributed by atoms with Gasteiger partial charge in [0.15, 0.2) is 0 Å². The molecule has 0 aliphatic carbocycles. The number of urea groups is 1. The minimum absolute atomic E-state index is 0.282. The molecule has 2 aromatic rings. The minimum Gasteiger partial charge on any atom is -0.332 e. The molecule has 0 aliphatic heterocycles. The van der Waals surface area contributed by atoms with Crippen molar-refractivity contribution in [2.45, 2.75) is 20.0 Å². The third-order valence-electron chi connectivity index (χ3n) is 2.68. The summed E-state index contributed by atoms with van der Waals surface area (Å²) in [6, 6.07) is 8.90. The van der Waals surface area contributed by atoms with E-state index in [2.05, 4.69) is 20.6 Å². The predicted molar refractivity (Wildman–Crippen MR) is 77.0 cm³/mol. The fourth-order valence-electron chi connectivity index (χ4n) is 1.73. The van der Waals surface area contributed by atoms with E-state index in [0.717, 1.165) is 11.3 Å². The molecule has 0 unspecified atom stereocenters. The molecule has 2 rings (SSSR count). The van der Waals surface area contributed by atoms with Gasteiger partial charge in [-0.05, 0) is 30.7 Å². The zero-order chi connectivity index (χ0) is 14.4. The second-order valence-corrected chi connectivity index (χ2v) is 4.31. The molecule has 0 aliphatic rings. The fraction of sp³-hybridized carbons (Fsp3) is 0.214. The van der Waals surface area contributed by atoms with Crippen LogP contribution in [0.1, 0.15) is 17.1 Å². The SMILES string of the molecule is Cc1nccc(CNC(=O)Nc2cccc(CN)c2)n1. The Balaban J connectivity index is 1.89. The number of amides is 2. The van der Waals surface area contributed by atoms with Crippen LogP contribution in [-0.4, -0.2) is 16.0 Å². The number of nitrogens with two attached hydrogens (primary N) is 1. The number of aromatic nitrogens is 2. The number of carbonyl (C=O) groups is 1. The average Bonchev–Trinajstić information content (AvgIpc) is 2.45. The number of nitrogens with zero attached hydrogens (tertiary/aromatic N) is 2. The van der Waals surface area contributed by atoms with Crippen molar-refractivity contribution in [1.82, 2.24) is 15.3 Å². The lowest BCUT2D eigenvalue weighted by Gasteiger charge is -2.08. The van der Waals surface area contributed by atoms with Gasteiger partial charge in [-0.2, -0.15) is 0 Å². The number of rotatable bonds is 4. The van der Waals surface area contributed by atoms with Crippen molar-refractivity contribution in [2.24, 2.45) is 5.73 Å². The van der Waals surface area contributed by atoms with E-state index < -0.39 is 0 Å². The summed E-state index contributed by atoms with van der Waals surface area (Å²) in [6.07, 6.45) is 1.67. The van der Waals surface area contributed by atoms with Crippen LogP contribution in [0, 0.1) is 6.92 Å². The van der Waals surface area contributed by atoms with Crippen LogP contribution in [0.25, 0.3) is 0 Å². The first-order chi connectivity index (χ1) is 9.67. The van der Waals surface area contributed by atoms with E-state index in [9.17, 15) is 4.79 Å². The standard InChI is InChI=1S/C14H17N5O/c1-10-16-6-5-13(18-10)9-17-14(20)19-12-4-2-3-11(7-12)8-15/h2-7H,8-9,15H2,1H3,(H2,17,19,20). The predicted octanol–water partition coefficient (Wildman–Crippen LogP) is 1.57. The molecule has 0 saturated heterocycles. The van der Waals surface area contributed by atoms with Crippen molar-refractivity contribution >= 4 is 11.7 Å². The summed E-state index contributed by atoms with van der Waals surface area (Å²) in [5.74, 6) is 0.681. The van der Waals surface area contributed by atoms with Crippen molar-refractivity contribution in [2.75, 3.05) is 5.32 Å². The number of aryl methyl sites for hydroxylation is 1. The molecule has 6 nitrogen and oxygen atoms in total. The van der Waals surface area contributed by atoms with E-state index in [1.165, 1.54) is 0 Å². The summed E-state index contributed by atoms with van der Waals surface area (Å²) in [6.45, 7) is 2.60. The maximum atomic E-state index is 11.8. The highest BCUT2D eigenvalue weighted by Crippen LogP contribution is 2.09. The highest BCUT2D eigenvalue weighted by molar-refractivity contribution is 5.89. The zero-order valence-electron chi connectivity index (χ0n) is 11.3. The van der Waals surface area contributed by atoms with Gasteiger partial charge in [-0.15, -0.1) is 0 Å². The largest absolute Gasteiger partial charge is 0.332 e. The normalized spacial score (nSPS) is 10.1. The molecule has 1 aromatic heterocycles. The summed E-state index contributed by atoms with van der Waals surface area (Å²) in [5.41, 5.74) is 8.00. The number of benzene rings is 1. The van der Waals surface area contributed by atoms with Crippen molar-refractivity contribution in [3.8, 4) is 0 Å². The maximum Gasteiger partial charge on any atom is 0.319 e. The van der Waals surface area contributed by atoms with E-state index in [0.29, 0.717) is 24.6 Å². The van der Waals surface area contributed by atoms with E-state index >= 15 is 0 Å².